The summed E-state index contributed by atoms with van der Waals surface area (Å²) in [5.41, 5.74) is 0. The minimum absolute atomic E-state index is 0.233. The van der Waals surface area contributed by atoms with Gasteiger partial charge in [0.25, 0.3) is 0 Å². The Labute approximate surface area is 113 Å². The van der Waals surface area contributed by atoms with Crippen LogP contribution in [0.2, 0.25) is 5.28 Å². The van der Waals surface area contributed by atoms with Crippen molar-refractivity contribution in [3.8, 4) is 0 Å². The molecule has 0 saturated heterocycles. The van der Waals surface area contributed by atoms with Gasteiger partial charge in [0.05, 0.1) is 0 Å². The van der Waals surface area contributed by atoms with Gasteiger partial charge in [0, 0.05) is 20.6 Å². The van der Waals surface area contributed by atoms with E-state index in [2.05, 4.69) is 20.3 Å². The van der Waals surface area contributed by atoms with Crippen molar-refractivity contribution in [2.24, 2.45) is 5.92 Å². The third-order valence-electron chi connectivity index (χ3n) is 3.31. The van der Waals surface area contributed by atoms with Crippen LogP contribution in [0.5, 0.6) is 0 Å². The lowest BCUT2D eigenvalue weighted by Crippen LogP contribution is -2.16. The lowest BCUT2D eigenvalue weighted by Gasteiger charge is -2.13. The Morgan fingerprint density at radius 1 is 1.22 bits per heavy atom. The van der Waals surface area contributed by atoms with Crippen LogP contribution in [0.15, 0.2) is 0 Å². The molecule has 1 aliphatic rings. The van der Waals surface area contributed by atoms with E-state index in [0.29, 0.717) is 11.9 Å². The number of aromatic nitrogens is 3. The lowest BCUT2D eigenvalue weighted by atomic mass is 10.0. The molecule has 0 aliphatic heterocycles. The molecule has 0 unspecified atom stereocenters. The molecule has 1 N–H and O–H groups in total. The van der Waals surface area contributed by atoms with Gasteiger partial charge in [0.2, 0.25) is 17.2 Å². The van der Waals surface area contributed by atoms with Crippen molar-refractivity contribution in [1.29, 1.82) is 0 Å². The summed E-state index contributed by atoms with van der Waals surface area (Å²) < 4.78 is 0. The molecule has 18 heavy (non-hydrogen) atoms. The van der Waals surface area contributed by atoms with E-state index in [1.165, 1.54) is 32.1 Å². The quantitative estimate of drug-likeness (QED) is 0.890. The average Bonchev–Trinajstić information content (AvgIpc) is 2.81. The van der Waals surface area contributed by atoms with Gasteiger partial charge in [0.15, 0.2) is 0 Å². The molecular formula is C12H20ClN5. The Morgan fingerprint density at radius 2 is 1.94 bits per heavy atom. The predicted octanol–water partition coefficient (Wildman–Crippen LogP) is 2.58. The van der Waals surface area contributed by atoms with Gasteiger partial charge in [-0.3, -0.25) is 0 Å². The summed E-state index contributed by atoms with van der Waals surface area (Å²) >= 11 is 5.87. The van der Waals surface area contributed by atoms with Crippen LogP contribution in [0.3, 0.4) is 0 Å². The molecule has 1 aliphatic carbocycles. The summed E-state index contributed by atoms with van der Waals surface area (Å²) in [6.45, 7) is 0.901. The van der Waals surface area contributed by atoms with Gasteiger partial charge in [-0.25, -0.2) is 0 Å². The Bertz CT molecular complexity index is 390. The normalized spacial score (nSPS) is 15.9. The van der Waals surface area contributed by atoms with Crippen LogP contribution >= 0.6 is 11.6 Å². The summed E-state index contributed by atoms with van der Waals surface area (Å²) in [5.74, 6) is 2.01. The van der Waals surface area contributed by atoms with E-state index < -0.39 is 0 Å². The number of hydrogen-bond donors (Lipinski definition) is 1. The second-order valence-electron chi connectivity index (χ2n) is 4.99. The van der Waals surface area contributed by atoms with Crippen LogP contribution in [0.4, 0.5) is 11.9 Å². The van der Waals surface area contributed by atoms with E-state index in [-0.39, 0.29) is 5.28 Å². The molecule has 5 nitrogen and oxygen atoms in total. The van der Waals surface area contributed by atoms with Crippen LogP contribution in [-0.4, -0.2) is 35.6 Å². The van der Waals surface area contributed by atoms with Crippen molar-refractivity contribution in [1.82, 2.24) is 15.0 Å². The fourth-order valence-electron chi connectivity index (χ4n) is 2.31. The van der Waals surface area contributed by atoms with E-state index in [1.54, 1.807) is 0 Å². The van der Waals surface area contributed by atoms with Crippen LogP contribution in [0.1, 0.15) is 32.1 Å². The molecule has 0 bridgehead atoms. The summed E-state index contributed by atoms with van der Waals surface area (Å²) in [5, 5.41) is 3.47. The number of nitrogens with zero attached hydrogens (tertiary/aromatic N) is 4. The monoisotopic (exact) mass is 269 g/mol. The minimum atomic E-state index is 0.233. The zero-order chi connectivity index (χ0) is 13.0. The molecule has 1 fully saturated rings. The molecule has 1 aromatic rings. The highest BCUT2D eigenvalue weighted by Gasteiger charge is 2.14. The molecule has 0 aromatic carbocycles. The third kappa shape index (κ3) is 3.70. The summed E-state index contributed by atoms with van der Waals surface area (Å²) in [7, 11) is 3.77. The highest BCUT2D eigenvalue weighted by atomic mass is 35.5. The van der Waals surface area contributed by atoms with Gasteiger partial charge < -0.3 is 10.2 Å². The molecule has 1 aromatic heterocycles. The first-order valence-corrected chi connectivity index (χ1v) is 6.85. The van der Waals surface area contributed by atoms with E-state index in [9.17, 15) is 0 Å². The molecular weight excluding hydrogens is 250 g/mol. The summed E-state index contributed by atoms with van der Waals surface area (Å²) in [4.78, 5) is 14.3. The smallest absolute Gasteiger partial charge is 0.230 e. The van der Waals surface area contributed by atoms with Crippen molar-refractivity contribution in [3.63, 3.8) is 0 Å². The van der Waals surface area contributed by atoms with Gasteiger partial charge in [-0.05, 0) is 23.9 Å². The molecule has 0 atom stereocenters. The lowest BCUT2D eigenvalue weighted by molar-refractivity contribution is 0.518. The van der Waals surface area contributed by atoms with Gasteiger partial charge in [0.1, 0.15) is 0 Å². The van der Waals surface area contributed by atoms with Crippen molar-refractivity contribution in [2.75, 3.05) is 30.9 Å². The highest BCUT2D eigenvalue weighted by molar-refractivity contribution is 6.28. The van der Waals surface area contributed by atoms with E-state index in [4.69, 9.17) is 11.6 Å². The molecule has 0 amide bonds. The maximum Gasteiger partial charge on any atom is 0.230 e. The van der Waals surface area contributed by atoms with Crippen LogP contribution in [0.25, 0.3) is 0 Å². The highest BCUT2D eigenvalue weighted by Crippen LogP contribution is 2.27. The van der Waals surface area contributed by atoms with E-state index in [1.807, 2.05) is 19.0 Å². The zero-order valence-corrected chi connectivity index (χ0v) is 11.7. The second-order valence-corrected chi connectivity index (χ2v) is 5.33. The van der Waals surface area contributed by atoms with Crippen molar-refractivity contribution in [3.05, 3.63) is 5.28 Å². The third-order valence-corrected chi connectivity index (χ3v) is 3.48. The first-order valence-electron chi connectivity index (χ1n) is 6.48. The molecule has 1 saturated carbocycles. The van der Waals surface area contributed by atoms with Gasteiger partial charge in [-0.2, -0.15) is 15.0 Å². The van der Waals surface area contributed by atoms with Gasteiger partial charge in [-0.15, -0.1) is 0 Å². The Kier molecular flexibility index (Phi) is 4.58. The zero-order valence-electron chi connectivity index (χ0n) is 11.0. The Morgan fingerprint density at radius 3 is 2.61 bits per heavy atom. The van der Waals surface area contributed by atoms with E-state index in [0.717, 1.165) is 12.5 Å². The second kappa shape index (κ2) is 6.18. The molecule has 2 rings (SSSR count). The predicted molar refractivity (Wildman–Crippen MR) is 74.2 cm³/mol. The number of hydrogen-bond acceptors (Lipinski definition) is 5. The SMILES string of the molecule is CN(C)c1nc(Cl)nc(NCCC2CCCC2)n1. The largest absolute Gasteiger partial charge is 0.354 e. The van der Waals surface area contributed by atoms with Crippen LogP contribution in [-0.2, 0) is 0 Å². The fourth-order valence-corrected chi connectivity index (χ4v) is 2.46. The minimum Gasteiger partial charge on any atom is -0.354 e. The van der Waals surface area contributed by atoms with E-state index >= 15 is 0 Å². The number of halogens is 1. The number of anilines is 2. The molecule has 6 heteroatoms. The standard InChI is InChI=1S/C12H20ClN5/c1-18(2)12-16-10(13)15-11(17-12)14-8-7-9-5-3-4-6-9/h9H,3-8H2,1-2H3,(H,14,15,16,17). The van der Waals surface area contributed by atoms with Crippen LogP contribution in [0, 0.1) is 5.92 Å². The molecule has 1 heterocycles. The van der Waals surface area contributed by atoms with Crippen molar-refractivity contribution in [2.45, 2.75) is 32.1 Å². The molecule has 100 valence electrons. The number of nitrogens with one attached hydrogen (secondary N) is 1. The molecule has 0 spiro atoms. The average molecular weight is 270 g/mol. The van der Waals surface area contributed by atoms with Crippen LogP contribution < -0.4 is 10.2 Å². The van der Waals surface area contributed by atoms with Crippen molar-refractivity contribution >= 4 is 23.5 Å². The Balaban J connectivity index is 1.88. The molecule has 0 radical (unpaired) electrons. The van der Waals surface area contributed by atoms with Gasteiger partial charge >= 0.3 is 0 Å². The topological polar surface area (TPSA) is 53.9 Å². The first-order chi connectivity index (χ1) is 8.65. The Hall–Kier alpha value is -1.10. The summed E-state index contributed by atoms with van der Waals surface area (Å²) in [6.07, 6.45) is 6.67. The summed E-state index contributed by atoms with van der Waals surface area (Å²) in [6, 6.07) is 0. The van der Waals surface area contributed by atoms with Crippen molar-refractivity contribution < 1.29 is 0 Å². The fraction of sp³-hybridized carbons (Fsp3) is 0.750. The first kappa shape index (κ1) is 13.3. The maximum absolute atomic E-state index is 5.87. The number of rotatable bonds is 5. The van der Waals surface area contributed by atoms with Gasteiger partial charge in [-0.1, -0.05) is 25.7 Å². The maximum atomic E-state index is 5.87.